The second kappa shape index (κ2) is 9.32. The summed E-state index contributed by atoms with van der Waals surface area (Å²) in [4.78, 5) is 37.9. The first-order valence-electron chi connectivity index (χ1n) is 11.9. The van der Waals surface area contributed by atoms with Crippen molar-refractivity contribution in [2.24, 2.45) is 17.6 Å². The number of pyridine rings is 1. The van der Waals surface area contributed by atoms with Gasteiger partial charge in [0.25, 0.3) is 5.91 Å². The fourth-order valence-corrected chi connectivity index (χ4v) is 6.00. The van der Waals surface area contributed by atoms with Gasteiger partial charge >= 0.3 is 0 Å². The van der Waals surface area contributed by atoms with E-state index in [2.05, 4.69) is 0 Å². The fourth-order valence-electron chi connectivity index (χ4n) is 6.00. The number of aromatic hydroxyl groups is 1. The highest BCUT2D eigenvalue weighted by molar-refractivity contribution is 6.22. The molecule has 0 radical (unpaired) electrons. The molecular formula is C27H27ClN2O7. The van der Waals surface area contributed by atoms with Gasteiger partial charge in [0.05, 0.1) is 11.1 Å². The highest BCUT2D eigenvalue weighted by atomic mass is 35.5. The molecule has 0 spiro atoms. The number of primary amides is 1. The zero-order chi connectivity index (χ0) is 25.9. The van der Waals surface area contributed by atoms with Crippen LogP contribution in [0.5, 0.6) is 5.75 Å². The average Bonchev–Trinajstić information content (AvgIpc) is 2.83. The molecule has 1 heterocycles. The van der Waals surface area contributed by atoms with Gasteiger partial charge in [0.15, 0.2) is 30.3 Å². The van der Waals surface area contributed by atoms with Crippen LogP contribution in [0.25, 0.3) is 5.76 Å². The summed E-state index contributed by atoms with van der Waals surface area (Å²) in [6.07, 6.45) is 4.40. The van der Waals surface area contributed by atoms with E-state index in [1.807, 2.05) is 48.1 Å². The van der Waals surface area contributed by atoms with Crippen molar-refractivity contribution < 1.29 is 51.8 Å². The van der Waals surface area contributed by atoms with Crippen LogP contribution in [-0.2, 0) is 33.8 Å². The molecule has 194 valence electrons. The third kappa shape index (κ3) is 3.81. The number of halogens is 1. The molecule has 1 aromatic carbocycles. The van der Waals surface area contributed by atoms with Crippen LogP contribution in [0.2, 0.25) is 0 Å². The maximum Gasteiger partial charge on any atom is 0.255 e. The van der Waals surface area contributed by atoms with Crippen LogP contribution < -0.4 is 22.7 Å². The Bertz CT molecular complexity index is 1400. The van der Waals surface area contributed by atoms with E-state index in [-0.39, 0.29) is 42.1 Å². The van der Waals surface area contributed by atoms with E-state index in [0.29, 0.717) is 30.5 Å². The smallest absolute Gasteiger partial charge is 0.255 e. The number of aliphatic hydroxyl groups is 3. The number of hydrogen-bond acceptors (Lipinski definition) is 7. The molecule has 0 unspecified atom stereocenters. The number of aliphatic hydroxyl groups excluding tert-OH is 2. The maximum atomic E-state index is 13.7. The number of benzene rings is 1. The zero-order valence-corrected chi connectivity index (χ0v) is 20.8. The fraction of sp³-hybridized carbons (Fsp3) is 0.333. The summed E-state index contributed by atoms with van der Waals surface area (Å²) in [5.74, 6) is -6.17. The summed E-state index contributed by atoms with van der Waals surface area (Å²) >= 11 is 0. The van der Waals surface area contributed by atoms with Crippen LogP contribution in [-0.4, -0.2) is 43.5 Å². The molecule has 2 aromatic rings. The van der Waals surface area contributed by atoms with Gasteiger partial charge in [-0.2, -0.15) is 0 Å². The molecule has 1 saturated carbocycles. The molecular weight excluding hydrogens is 500 g/mol. The quantitative estimate of drug-likeness (QED) is 0.235. The van der Waals surface area contributed by atoms with Gasteiger partial charge in [-0.15, -0.1) is 0 Å². The molecule has 37 heavy (non-hydrogen) atoms. The van der Waals surface area contributed by atoms with Crippen LogP contribution in [0, 0.1) is 11.8 Å². The van der Waals surface area contributed by atoms with Crippen molar-refractivity contribution in [3.63, 3.8) is 0 Å². The normalized spacial score (nSPS) is 24.7. The van der Waals surface area contributed by atoms with Crippen molar-refractivity contribution >= 4 is 23.2 Å². The SMILES string of the molecule is CCc1cc(C[n+]2ccccc2)c(O)c2c1C[C@H]1C[C@H]3CC(=O)C(C(N)=O)=C(O)[C@@]3(O)C(=O)C1=C2O.[Cl-]. The lowest BCUT2D eigenvalue weighted by Crippen LogP contribution is -3.00. The predicted molar refractivity (Wildman–Crippen MR) is 127 cm³/mol. The number of Topliss-reactive ketones (excluding diaryl/α,β-unsaturated/α-hetero) is 2. The highest BCUT2D eigenvalue weighted by Gasteiger charge is 2.60. The van der Waals surface area contributed by atoms with Crippen LogP contribution in [0.15, 0.2) is 53.6 Å². The minimum absolute atomic E-state index is 0. The number of nitrogens with zero attached hydrogens (tertiary/aromatic N) is 1. The first kappa shape index (κ1) is 26.4. The molecule has 1 amide bonds. The van der Waals surface area contributed by atoms with Gasteiger partial charge in [0.2, 0.25) is 5.78 Å². The van der Waals surface area contributed by atoms with Gasteiger partial charge in [0.1, 0.15) is 22.8 Å². The number of carbonyl (C=O) groups excluding carboxylic acids is 3. The van der Waals surface area contributed by atoms with Gasteiger partial charge in [-0.3, -0.25) is 14.4 Å². The first-order chi connectivity index (χ1) is 17.1. The third-order valence-corrected chi connectivity index (χ3v) is 7.75. The molecule has 3 aliphatic rings. The second-order valence-electron chi connectivity index (χ2n) is 9.70. The minimum Gasteiger partial charge on any atom is -1.00 e. The topological polar surface area (TPSA) is 162 Å². The lowest BCUT2D eigenvalue weighted by atomic mass is 9.59. The van der Waals surface area contributed by atoms with E-state index in [1.54, 1.807) is 0 Å². The van der Waals surface area contributed by atoms with Gasteiger partial charge in [0, 0.05) is 30.0 Å². The molecule has 0 aliphatic heterocycles. The third-order valence-electron chi connectivity index (χ3n) is 7.75. The summed E-state index contributed by atoms with van der Waals surface area (Å²) in [5.41, 5.74) is 4.05. The highest BCUT2D eigenvalue weighted by Crippen LogP contribution is 2.52. The Morgan fingerprint density at radius 3 is 2.41 bits per heavy atom. The Morgan fingerprint density at radius 1 is 1.11 bits per heavy atom. The zero-order valence-electron chi connectivity index (χ0n) is 20.1. The van der Waals surface area contributed by atoms with E-state index in [4.69, 9.17) is 5.73 Å². The number of ketones is 2. The van der Waals surface area contributed by atoms with Gasteiger partial charge in [-0.1, -0.05) is 13.0 Å². The maximum absolute atomic E-state index is 13.7. The number of amides is 1. The Labute approximate surface area is 219 Å². The molecule has 6 N–H and O–H groups in total. The van der Waals surface area contributed by atoms with Gasteiger partial charge in [-0.25, -0.2) is 4.57 Å². The Morgan fingerprint density at radius 2 is 1.78 bits per heavy atom. The van der Waals surface area contributed by atoms with Gasteiger partial charge in [-0.05, 0) is 42.4 Å². The standard InChI is InChI=1S/C27H26N2O7.ClH/c1-2-13-8-15(12-29-6-4-3-5-7-29)22(31)20-17(13)10-14-9-16-11-18(30)21(26(28)35)25(34)27(16,36)24(33)19(14)23(20)32;/h3-8,14,16,36H,2,9-12H2,1H3,(H4-,28,30,31,32,33,34,35);1H/t14-,16+,27+;/m1./s1. The number of carbonyl (C=O) groups is 3. The van der Waals surface area contributed by atoms with E-state index in [1.165, 1.54) is 0 Å². The van der Waals surface area contributed by atoms with E-state index < -0.39 is 52.0 Å². The number of aryl methyl sites for hydroxylation is 1. The van der Waals surface area contributed by atoms with E-state index >= 15 is 0 Å². The minimum atomic E-state index is -2.56. The predicted octanol–water partition coefficient (Wildman–Crippen LogP) is -1.67. The number of fused-ring (bicyclic) bond motifs is 3. The van der Waals surface area contributed by atoms with Crippen LogP contribution >= 0.6 is 0 Å². The number of phenols is 1. The van der Waals surface area contributed by atoms with Crippen molar-refractivity contribution in [1.29, 1.82) is 0 Å². The first-order valence-corrected chi connectivity index (χ1v) is 11.9. The van der Waals surface area contributed by atoms with Crippen LogP contribution in [0.3, 0.4) is 0 Å². The molecule has 9 nitrogen and oxygen atoms in total. The van der Waals surface area contributed by atoms with Crippen LogP contribution in [0.1, 0.15) is 42.0 Å². The number of rotatable bonds is 4. The molecule has 3 aliphatic carbocycles. The summed E-state index contributed by atoms with van der Waals surface area (Å²) in [6.45, 7) is 2.29. The molecule has 10 heteroatoms. The Kier molecular flexibility index (Phi) is 6.64. The molecule has 3 atom stereocenters. The number of phenolic OH excluding ortho intramolecular Hbond substituents is 1. The number of hydrogen-bond donors (Lipinski definition) is 5. The van der Waals surface area contributed by atoms with Crippen molar-refractivity contribution in [2.45, 2.75) is 44.8 Å². The van der Waals surface area contributed by atoms with Gasteiger partial charge < -0.3 is 38.6 Å². The van der Waals surface area contributed by atoms with Crippen molar-refractivity contribution in [1.82, 2.24) is 0 Å². The van der Waals surface area contributed by atoms with E-state index in [9.17, 15) is 34.8 Å². The summed E-state index contributed by atoms with van der Waals surface area (Å²) in [7, 11) is 0. The van der Waals surface area contributed by atoms with E-state index in [0.717, 1.165) is 5.56 Å². The second-order valence-corrected chi connectivity index (χ2v) is 9.70. The Balaban J connectivity index is 0.00000320. The summed E-state index contributed by atoms with van der Waals surface area (Å²) < 4.78 is 1.86. The van der Waals surface area contributed by atoms with Crippen LogP contribution in [0.4, 0.5) is 0 Å². The number of aromatic nitrogens is 1. The number of nitrogens with two attached hydrogens (primary N) is 1. The molecule has 1 aromatic heterocycles. The summed E-state index contributed by atoms with van der Waals surface area (Å²) in [6, 6.07) is 7.47. The average molecular weight is 527 g/mol. The van der Waals surface area contributed by atoms with Crippen molar-refractivity contribution in [2.75, 3.05) is 0 Å². The van der Waals surface area contributed by atoms with Crippen molar-refractivity contribution in [3.05, 3.63) is 75.8 Å². The summed E-state index contributed by atoms with van der Waals surface area (Å²) in [5, 5.41) is 44.6. The Hall–Kier alpha value is -3.69. The monoisotopic (exact) mass is 526 g/mol. The largest absolute Gasteiger partial charge is 1.00 e. The lowest BCUT2D eigenvalue weighted by Gasteiger charge is -2.46. The lowest BCUT2D eigenvalue weighted by molar-refractivity contribution is -0.688. The molecule has 5 rings (SSSR count). The molecule has 0 saturated heterocycles. The van der Waals surface area contributed by atoms with Crippen molar-refractivity contribution in [3.8, 4) is 5.75 Å². The molecule has 0 bridgehead atoms. The molecule has 1 fully saturated rings.